The van der Waals surface area contributed by atoms with E-state index in [-0.39, 0.29) is 29.9 Å². The van der Waals surface area contributed by atoms with E-state index in [4.69, 9.17) is 4.99 Å². The molecule has 9 heteroatoms. The lowest BCUT2D eigenvalue weighted by molar-refractivity contribution is -0.131. The van der Waals surface area contributed by atoms with Crippen LogP contribution in [0.1, 0.15) is 45.4 Å². The van der Waals surface area contributed by atoms with Gasteiger partial charge in [0.05, 0.1) is 6.54 Å². The van der Waals surface area contributed by atoms with Gasteiger partial charge in [0.15, 0.2) is 5.96 Å². The van der Waals surface area contributed by atoms with Gasteiger partial charge in [0.1, 0.15) is 5.82 Å². The molecule has 4 rings (SSSR count). The summed E-state index contributed by atoms with van der Waals surface area (Å²) in [4.78, 5) is 28.7. The van der Waals surface area contributed by atoms with Crippen LogP contribution in [0.25, 0.3) is 0 Å². The first kappa shape index (κ1) is 26.0. The molecular formula is C24H40IN7O. The van der Waals surface area contributed by atoms with Crippen LogP contribution in [0.2, 0.25) is 0 Å². The van der Waals surface area contributed by atoms with E-state index in [9.17, 15) is 4.79 Å². The molecule has 2 aliphatic heterocycles. The van der Waals surface area contributed by atoms with Crippen molar-refractivity contribution in [1.29, 1.82) is 0 Å². The first-order valence-corrected chi connectivity index (χ1v) is 12.5. The molecule has 2 saturated heterocycles. The van der Waals surface area contributed by atoms with Gasteiger partial charge in [-0.05, 0) is 38.3 Å². The number of anilines is 1. The van der Waals surface area contributed by atoms with Crippen LogP contribution in [0, 0.1) is 0 Å². The summed E-state index contributed by atoms with van der Waals surface area (Å²) >= 11 is 0. The number of hydrogen-bond donors (Lipinski definition) is 2. The van der Waals surface area contributed by atoms with Crippen molar-refractivity contribution in [3.63, 3.8) is 0 Å². The maximum atomic E-state index is 12.7. The highest BCUT2D eigenvalue weighted by molar-refractivity contribution is 14.0. The quantitative estimate of drug-likeness (QED) is 0.299. The molecule has 1 amide bonds. The van der Waals surface area contributed by atoms with Crippen LogP contribution < -0.4 is 15.5 Å². The third kappa shape index (κ3) is 7.43. The van der Waals surface area contributed by atoms with E-state index >= 15 is 0 Å². The molecular weight excluding hydrogens is 529 g/mol. The highest BCUT2D eigenvalue weighted by Crippen LogP contribution is 2.26. The minimum atomic E-state index is 0. The number of likely N-dealkylation sites (tertiary alicyclic amines) is 1. The Bertz CT molecular complexity index is 748. The monoisotopic (exact) mass is 569 g/mol. The first-order valence-electron chi connectivity index (χ1n) is 12.5. The molecule has 1 aromatic heterocycles. The summed E-state index contributed by atoms with van der Waals surface area (Å²) in [5.41, 5.74) is 0. The summed E-state index contributed by atoms with van der Waals surface area (Å²) in [7, 11) is 0. The fraction of sp³-hybridized carbons (Fsp3) is 0.708. The van der Waals surface area contributed by atoms with Crippen LogP contribution >= 0.6 is 24.0 Å². The smallest absolute Gasteiger partial charge is 0.224 e. The maximum Gasteiger partial charge on any atom is 0.224 e. The molecule has 33 heavy (non-hydrogen) atoms. The van der Waals surface area contributed by atoms with Gasteiger partial charge in [0.25, 0.3) is 0 Å². The van der Waals surface area contributed by atoms with Gasteiger partial charge in [-0.3, -0.25) is 14.7 Å². The summed E-state index contributed by atoms with van der Waals surface area (Å²) in [5.74, 6) is 2.03. The zero-order valence-corrected chi connectivity index (χ0v) is 22.2. The van der Waals surface area contributed by atoms with Gasteiger partial charge in [-0.15, -0.1) is 24.0 Å². The molecule has 0 bridgehead atoms. The zero-order valence-electron chi connectivity index (χ0n) is 19.9. The lowest BCUT2D eigenvalue weighted by Crippen LogP contribution is -2.49. The van der Waals surface area contributed by atoms with Gasteiger partial charge in [-0.25, -0.2) is 4.98 Å². The van der Waals surface area contributed by atoms with Crippen molar-refractivity contribution in [1.82, 2.24) is 25.4 Å². The number of amides is 1. The van der Waals surface area contributed by atoms with Gasteiger partial charge in [0.2, 0.25) is 5.91 Å². The molecule has 0 spiro atoms. The normalized spacial score (nSPS) is 22.3. The van der Waals surface area contributed by atoms with Gasteiger partial charge in [-0.2, -0.15) is 0 Å². The van der Waals surface area contributed by atoms with Gasteiger partial charge in [-0.1, -0.05) is 18.9 Å². The Morgan fingerprint density at radius 2 is 1.91 bits per heavy atom. The topological polar surface area (TPSA) is 76.1 Å². The van der Waals surface area contributed by atoms with Crippen LogP contribution in [0.4, 0.5) is 5.82 Å². The predicted molar refractivity (Wildman–Crippen MR) is 144 cm³/mol. The Balaban J connectivity index is 0.00000306. The van der Waals surface area contributed by atoms with Crippen LogP contribution in [0.5, 0.6) is 0 Å². The summed E-state index contributed by atoms with van der Waals surface area (Å²) in [5, 5.41) is 6.96. The molecule has 1 atom stereocenters. The van der Waals surface area contributed by atoms with Crippen LogP contribution in [0.3, 0.4) is 0 Å². The summed E-state index contributed by atoms with van der Waals surface area (Å²) in [6, 6.07) is 7.20. The average molecular weight is 570 g/mol. The van der Waals surface area contributed by atoms with Crippen LogP contribution in [-0.4, -0.2) is 91.1 Å². The van der Waals surface area contributed by atoms with E-state index in [1.807, 2.05) is 29.3 Å². The van der Waals surface area contributed by atoms with Crippen LogP contribution in [-0.2, 0) is 4.79 Å². The predicted octanol–water partition coefficient (Wildman–Crippen LogP) is 2.31. The van der Waals surface area contributed by atoms with E-state index in [1.165, 1.54) is 38.6 Å². The molecule has 184 valence electrons. The maximum absolute atomic E-state index is 12.7. The summed E-state index contributed by atoms with van der Waals surface area (Å²) in [6.45, 7) is 8.88. The Hall–Kier alpha value is -1.62. The molecule has 2 N–H and O–H groups in total. The van der Waals surface area contributed by atoms with E-state index in [2.05, 4.69) is 32.3 Å². The zero-order chi connectivity index (χ0) is 22.2. The van der Waals surface area contributed by atoms with Crippen LogP contribution in [0.15, 0.2) is 29.4 Å². The van der Waals surface area contributed by atoms with Gasteiger partial charge >= 0.3 is 0 Å². The number of nitrogens with one attached hydrogen (secondary N) is 2. The molecule has 3 fully saturated rings. The first-order chi connectivity index (χ1) is 15.7. The number of halogens is 1. The Labute approximate surface area is 215 Å². The Kier molecular flexibility index (Phi) is 10.5. The van der Waals surface area contributed by atoms with E-state index in [0.717, 1.165) is 57.1 Å². The molecule has 8 nitrogen and oxygen atoms in total. The highest BCUT2D eigenvalue weighted by Gasteiger charge is 2.30. The number of carbonyl (C=O) groups is 1. The molecule has 0 aromatic carbocycles. The van der Waals surface area contributed by atoms with Gasteiger partial charge < -0.3 is 20.4 Å². The number of carbonyl (C=O) groups excluding carboxylic acids is 1. The minimum Gasteiger partial charge on any atom is -0.357 e. The summed E-state index contributed by atoms with van der Waals surface area (Å²) < 4.78 is 0. The second kappa shape index (κ2) is 13.3. The average Bonchev–Trinajstić information content (AvgIpc) is 3.52. The van der Waals surface area contributed by atoms with Crippen molar-refractivity contribution in [2.75, 3.05) is 57.3 Å². The lowest BCUT2D eigenvalue weighted by atomic mass is 10.2. The molecule has 3 heterocycles. The molecule has 1 saturated carbocycles. The number of guanidine groups is 1. The number of hydrogen-bond acceptors (Lipinski definition) is 5. The Morgan fingerprint density at radius 1 is 1.12 bits per heavy atom. The van der Waals surface area contributed by atoms with E-state index in [0.29, 0.717) is 19.0 Å². The largest absolute Gasteiger partial charge is 0.357 e. The molecule has 1 aliphatic carbocycles. The van der Waals surface area contributed by atoms with Crippen molar-refractivity contribution in [2.24, 2.45) is 4.99 Å². The fourth-order valence-corrected chi connectivity index (χ4v) is 5.17. The van der Waals surface area contributed by atoms with Crippen molar-refractivity contribution in [2.45, 2.75) is 57.5 Å². The van der Waals surface area contributed by atoms with E-state index in [1.54, 1.807) is 0 Å². The number of rotatable bonds is 7. The second-order valence-corrected chi connectivity index (χ2v) is 9.13. The van der Waals surface area contributed by atoms with E-state index < -0.39 is 0 Å². The summed E-state index contributed by atoms with van der Waals surface area (Å²) in [6.07, 6.45) is 8.93. The van der Waals surface area contributed by atoms with Crippen molar-refractivity contribution >= 4 is 41.7 Å². The number of nitrogens with zero attached hydrogens (tertiary/aromatic N) is 5. The fourth-order valence-electron chi connectivity index (χ4n) is 5.17. The highest BCUT2D eigenvalue weighted by atomic mass is 127. The van der Waals surface area contributed by atoms with Crippen molar-refractivity contribution < 1.29 is 4.79 Å². The number of aliphatic imine (C=N–C) groups is 1. The third-order valence-corrected chi connectivity index (χ3v) is 6.95. The molecule has 1 unspecified atom stereocenters. The number of piperazine rings is 1. The minimum absolute atomic E-state index is 0. The SMILES string of the molecule is CCNC(=NCCC(=O)N1CCN(c2ccccn2)CC1)NC1CCN(C2CCCC2)C1.I. The molecule has 3 aliphatic rings. The standard InChI is InChI=1S/C24H39N7O.HI/c1-2-25-24(28-20-11-14-31(19-20)21-7-3-4-8-21)27-13-10-23(32)30-17-15-29(16-18-30)22-9-5-6-12-26-22;/h5-6,9,12,20-21H,2-4,7-8,10-11,13-19H2,1H3,(H2,25,27,28);1H. The van der Waals surface area contributed by atoms with Crippen molar-refractivity contribution in [3.05, 3.63) is 24.4 Å². The Morgan fingerprint density at radius 3 is 2.61 bits per heavy atom. The number of aromatic nitrogens is 1. The lowest BCUT2D eigenvalue weighted by Gasteiger charge is -2.35. The third-order valence-electron chi connectivity index (χ3n) is 6.95. The van der Waals surface area contributed by atoms with Gasteiger partial charge in [0, 0.05) is 70.5 Å². The molecule has 1 aromatic rings. The molecule has 0 radical (unpaired) electrons. The van der Waals surface area contributed by atoms with Crippen molar-refractivity contribution in [3.8, 4) is 0 Å². The second-order valence-electron chi connectivity index (χ2n) is 9.13. The number of pyridine rings is 1.